The van der Waals surface area contributed by atoms with E-state index in [2.05, 4.69) is 5.32 Å². The molecule has 0 radical (unpaired) electrons. The van der Waals surface area contributed by atoms with Gasteiger partial charge in [-0.05, 0) is 26.0 Å². The Morgan fingerprint density at radius 3 is 2.59 bits per heavy atom. The lowest BCUT2D eigenvalue weighted by molar-refractivity contribution is -0.123. The number of hydrogen-bond donors (Lipinski definition) is 2. The summed E-state index contributed by atoms with van der Waals surface area (Å²) in [6.07, 6.45) is 0. The standard InChI is InChI=1S/C12H16N2O2S/c1-8-3-5-10(6-4-8)16-7-11(15)14-9(2)12(13)17/h3-6,9H,7H2,1-2H3,(H2,13,17)(H,14,15). The van der Waals surface area contributed by atoms with Gasteiger partial charge in [0.05, 0.1) is 11.0 Å². The third-order valence-corrected chi connectivity index (χ3v) is 2.55. The summed E-state index contributed by atoms with van der Waals surface area (Å²) < 4.78 is 5.31. The van der Waals surface area contributed by atoms with E-state index in [1.165, 1.54) is 0 Å². The smallest absolute Gasteiger partial charge is 0.258 e. The van der Waals surface area contributed by atoms with Crippen LogP contribution in [0, 0.1) is 6.92 Å². The first-order valence-corrected chi connectivity index (χ1v) is 5.68. The van der Waals surface area contributed by atoms with E-state index >= 15 is 0 Å². The molecule has 5 heteroatoms. The van der Waals surface area contributed by atoms with E-state index in [0.717, 1.165) is 5.56 Å². The fraction of sp³-hybridized carbons (Fsp3) is 0.333. The first-order chi connectivity index (χ1) is 7.99. The predicted octanol–water partition coefficient (Wildman–Crippen LogP) is 1.16. The zero-order chi connectivity index (χ0) is 12.8. The lowest BCUT2D eigenvalue weighted by Crippen LogP contribution is -2.43. The topological polar surface area (TPSA) is 64.3 Å². The molecule has 1 aromatic rings. The number of carbonyl (C=O) groups excluding carboxylic acids is 1. The van der Waals surface area contributed by atoms with Gasteiger partial charge in [-0.2, -0.15) is 0 Å². The van der Waals surface area contributed by atoms with Crippen LogP contribution in [0.15, 0.2) is 24.3 Å². The van der Waals surface area contributed by atoms with Gasteiger partial charge in [0.25, 0.3) is 5.91 Å². The number of aryl methyl sites for hydroxylation is 1. The number of hydrogen-bond acceptors (Lipinski definition) is 3. The number of amides is 1. The Morgan fingerprint density at radius 1 is 1.47 bits per heavy atom. The first kappa shape index (κ1) is 13.4. The fourth-order valence-electron chi connectivity index (χ4n) is 1.14. The second-order valence-electron chi connectivity index (χ2n) is 3.79. The van der Waals surface area contributed by atoms with Gasteiger partial charge in [0, 0.05) is 0 Å². The van der Waals surface area contributed by atoms with Crippen LogP contribution in [0.25, 0.3) is 0 Å². The molecular weight excluding hydrogens is 236 g/mol. The van der Waals surface area contributed by atoms with Crippen molar-refractivity contribution in [1.82, 2.24) is 5.32 Å². The number of nitrogens with two attached hydrogens (primary N) is 1. The predicted molar refractivity (Wildman–Crippen MR) is 71.1 cm³/mol. The molecule has 0 aliphatic rings. The lowest BCUT2D eigenvalue weighted by Gasteiger charge is -2.12. The third-order valence-electron chi connectivity index (χ3n) is 2.20. The van der Waals surface area contributed by atoms with E-state index in [4.69, 9.17) is 22.7 Å². The molecule has 0 bridgehead atoms. The zero-order valence-electron chi connectivity index (χ0n) is 9.90. The van der Waals surface area contributed by atoms with Gasteiger partial charge in [0.1, 0.15) is 5.75 Å². The highest BCUT2D eigenvalue weighted by molar-refractivity contribution is 7.80. The zero-order valence-corrected chi connectivity index (χ0v) is 10.7. The van der Waals surface area contributed by atoms with Crippen molar-refractivity contribution in [3.63, 3.8) is 0 Å². The van der Waals surface area contributed by atoms with E-state index in [1.54, 1.807) is 6.92 Å². The molecule has 0 fully saturated rings. The van der Waals surface area contributed by atoms with E-state index in [9.17, 15) is 4.79 Å². The highest BCUT2D eigenvalue weighted by Crippen LogP contribution is 2.10. The number of thiocarbonyl (C=S) groups is 1. The van der Waals surface area contributed by atoms with Crippen LogP contribution in [0.5, 0.6) is 5.75 Å². The molecule has 1 amide bonds. The van der Waals surface area contributed by atoms with Gasteiger partial charge in [0.15, 0.2) is 6.61 Å². The molecule has 1 unspecified atom stereocenters. The minimum Gasteiger partial charge on any atom is -0.484 e. The third kappa shape index (κ3) is 4.82. The van der Waals surface area contributed by atoms with Crippen molar-refractivity contribution in [2.45, 2.75) is 19.9 Å². The first-order valence-electron chi connectivity index (χ1n) is 5.27. The minimum atomic E-state index is -0.320. The van der Waals surface area contributed by atoms with Gasteiger partial charge in [0.2, 0.25) is 0 Å². The summed E-state index contributed by atoms with van der Waals surface area (Å²) in [6, 6.07) is 7.16. The number of benzene rings is 1. The summed E-state index contributed by atoms with van der Waals surface area (Å²) in [5.74, 6) is 0.416. The van der Waals surface area contributed by atoms with Crippen LogP contribution >= 0.6 is 12.2 Å². The normalized spacial score (nSPS) is 11.6. The maximum atomic E-state index is 11.4. The number of carbonyl (C=O) groups is 1. The molecule has 1 atom stereocenters. The molecule has 0 spiro atoms. The second-order valence-corrected chi connectivity index (χ2v) is 4.26. The van der Waals surface area contributed by atoms with Gasteiger partial charge >= 0.3 is 0 Å². The maximum absolute atomic E-state index is 11.4. The molecular formula is C12H16N2O2S. The Balaban J connectivity index is 2.38. The summed E-state index contributed by atoms with van der Waals surface area (Å²) in [4.78, 5) is 11.7. The van der Waals surface area contributed by atoms with Gasteiger partial charge in [-0.1, -0.05) is 29.9 Å². The quantitative estimate of drug-likeness (QED) is 0.772. The minimum absolute atomic E-state index is 0.0456. The van der Waals surface area contributed by atoms with Gasteiger partial charge in [-0.25, -0.2) is 0 Å². The molecule has 0 saturated heterocycles. The number of nitrogens with one attached hydrogen (secondary N) is 1. The van der Waals surface area contributed by atoms with Gasteiger partial charge in [-0.15, -0.1) is 0 Å². The average Bonchev–Trinajstić information content (AvgIpc) is 2.28. The monoisotopic (exact) mass is 252 g/mol. The largest absolute Gasteiger partial charge is 0.484 e. The van der Waals surface area contributed by atoms with Gasteiger partial charge < -0.3 is 15.8 Å². The van der Waals surface area contributed by atoms with Crippen LogP contribution in [-0.2, 0) is 4.79 Å². The van der Waals surface area contributed by atoms with Crippen molar-refractivity contribution in [1.29, 1.82) is 0 Å². The van der Waals surface area contributed by atoms with Crippen LogP contribution in [0.3, 0.4) is 0 Å². The Hall–Kier alpha value is -1.62. The van der Waals surface area contributed by atoms with E-state index < -0.39 is 0 Å². The van der Waals surface area contributed by atoms with Crippen molar-refractivity contribution in [2.75, 3.05) is 6.61 Å². The Kier molecular flexibility index (Phi) is 4.90. The number of ether oxygens (including phenoxy) is 1. The number of rotatable bonds is 5. The van der Waals surface area contributed by atoms with Crippen molar-refractivity contribution in [2.24, 2.45) is 5.73 Å². The lowest BCUT2D eigenvalue weighted by atomic mass is 10.2. The van der Waals surface area contributed by atoms with Crippen LogP contribution in [0.1, 0.15) is 12.5 Å². The summed E-state index contributed by atoms with van der Waals surface area (Å²) in [7, 11) is 0. The van der Waals surface area contributed by atoms with Gasteiger partial charge in [-0.3, -0.25) is 4.79 Å². The summed E-state index contributed by atoms with van der Waals surface area (Å²) >= 11 is 4.75. The average molecular weight is 252 g/mol. The van der Waals surface area contributed by atoms with E-state index in [-0.39, 0.29) is 23.5 Å². The molecule has 0 heterocycles. The summed E-state index contributed by atoms with van der Waals surface area (Å²) in [6.45, 7) is 3.67. The van der Waals surface area contributed by atoms with Crippen LogP contribution < -0.4 is 15.8 Å². The van der Waals surface area contributed by atoms with E-state index in [0.29, 0.717) is 5.75 Å². The molecule has 1 aromatic carbocycles. The maximum Gasteiger partial charge on any atom is 0.258 e. The molecule has 17 heavy (non-hydrogen) atoms. The van der Waals surface area contributed by atoms with Crippen LogP contribution in [0.2, 0.25) is 0 Å². The highest BCUT2D eigenvalue weighted by Gasteiger charge is 2.09. The van der Waals surface area contributed by atoms with Crippen LogP contribution in [-0.4, -0.2) is 23.5 Å². The highest BCUT2D eigenvalue weighted by atomic mass is 32.1. The Morgan fingerprint density at radius 2 is 2.06 bits per heavy atom. The SMILES string of the molecule is Cc1ccc(OCC(=O)NC(C)C(N)=S)cc1. The van der Waals surface area contributed by atoms with Crippen LogP contribution in [0.4, 0.5) is 0 Å². The molecule has 0 saturated carbocycles. The van der Waals surface area contributed by atoms with Crippen molar-refractivity contribution in [3.8, 4) is 5.75 Å². The Bertz CT molecular complexity index is 403. The molecule has 4 nitrogen and oxygen atoms in total. The molecule has 0 aliphatic carbocycles. The summed E-state index contributed by atoms with van der Waals surface area (Å²) in [5.41, 5.74) is 6.53. The Labute approximate surface area is 106 Å². The van der Waals surface area contributed by atoms with Crippen molar-refractivity contribution >= 4 is 23.1 Å². The van der Waals surface area contributed by atoms with E-state index in [1.807, 2.05) is 31.2 Å². The molecule has 3 N–H and O–H groups in total. The fourth-order valence-corrected chi connectivity index (χ4v) is 1.20. The molecule has 1 rings (SSSR count). The van der Waals surface area contributed by atoms with Crippen molar-refractivity contribution in [3.05, 3.63) is 29.8 Å². The molecule has 92 valence electrons. The summed E-state index contributed by atoms with van der Waals surface area (Å²) in [5, 5.41) is 2.63. The molecule has 0 aliphatic heterocycles. The van der Waals surface area contributed by atoms with Crippen molar-refractivity contribution < 1.29 is 9.53 Å². The molecule has 0 aromatic heterocycles. The second kappa shape index (κ2) is 6.20.